The molecule has 0 bridgehead atoms. The molecule has 1 aromatic carbocycles. The number of esters is 1. The Morgan fingerprint density at radius 3 is 2.52 bits per heavy atom. The molecule has 23 heavy (non-hydrogen) atoms. The molecule has 0 saturated heterocycles. The highest BCUT2D eigenvalue weighted by atomic mass is 16.6. The summed E-state index contributed by atoms with van der Waals surface area (Å²) in [4.78, 5) is 58.8. The van der Waals surface area contributed by atoms with E-state index in [1.165, 1.54) is 12.1 Å². The molecule has 120 valence electrons. The number of benzene rings is 1. The van der Waals surface area contributed by atoms with E-state index in [0.29, 0.717) is 4.90 Å². The molecule has 0 aliphatic carbocycles. The molecule has 0 fully saturated rings. The summed E-state index contributed by atoms with van der Waals surface area (Å²) in [5.41, 5.74) is -0.358. The van der Waals surface area contributed by atoms with E-state index < -0.39 is 40.1 Å². The van der Waals surface area contributed by atoms with Crippen molar-refractivity contribution in [3.63, 3.8) is 0 Å². The number of ketones is 1. The Morgan fingerprint density at radius 2 is 2.00 bits per heavy atom. The summed E-state index contributed by atoms with van der Waals surface area (Å²) in [6.07, 6.45) is 0. The van der Waals surface area contributed by atoms with Crippen LogP contribution in [0, 0.1) is 16.0 Å². The van der Waals surface area contributed by atoms with Crippen LogP contribution in [-0.2, 0) is 25.7 Å². The second kappa shape index (κ2) is 5.95. The number of methoxy groups -OCH3 is 1. The SMILES string of the molecule is COC(=O)C(C(C)=O)C(=O)N1Cc2cccc([N+](=O)[O-])c2C1=O. The summed E-state index contributed by atoms with van der Waals surface area (Å²) in [5.74, 6) is -5.59. The lowest BCUT2D eigenvalue weighted by atomic mass is 10.0. The van der Waals surface area contributed by atoms with Crippen molar-refractivity contribution >= 4 is 29.3 Å². The zero-order chi connectivity index (χ0) is 17.3. The van der Waals surface area contributed by atoms with E-state index in [0.717, 1.165) is 20.1 Å². The van der Waals surface area contributed by atoms with Gasteiger partial charge in [-0.2, -0.15) is 0 Å². The summed E-state index contributed by atoms with van der Waals surface area (Å²) < 4.78 is 4.40. The van der Waals surface area contributed by atoms with Crippen molar-refractivity contribution in [3.8, 4) is 0 Å². The number of hydrogen-bond acceptors (Lipinski definition) is 7. The Labute approximate surface area is 130 Å². The minimum Gasteiger partial charge on any atom is -0.468 e. The number of imide groups is 1. The smallest absolute Gasteiger partial charge is 0.325 e. The lowest BCUT2D eigenvalue weighted by molar-refractivity contribution is -0.385. The zero-order valence-electron chi connectivity index (χ0n) is 12.3. The average Bonchev–Trinajstić information content (AvgIpc) is 2.83. The summed E-state index contributed by atoms with van der Waals surface area (Å²) in [6, 6.07) is 4.00. The Morgan fingerprint density at radius 1 is 1.35 bits per heavy atom. The van der Waals surface area contributed by atoms with E-state index >= 15 is 0 Å². The summed E-state index contributed by atoms with van der Waals surface area (Å²) in [7, 11) is 1.01. The monoisotopic (exact) mass is 320 g/mol. The molecule has 0 saturated carbocycles. The number of carbonyl (C=O) groups is 4. The lowest BCUT2D eigenvalue weighted by Gasteiger charge is -2.18. The fourth-order valence-electron chi connectivity index (χ4n) is 2.39. The van der Waals surface area contributed by atoms with Gasteiger partial charge in [-0.25, -0.2) is 0 Å². The van der Waals surface area contributed by atoms with Crippen LogP contribution in [0.1, 0.15) is 22.8 Å². The van der Waals surface area contributed by atoms with Crippen molar-refractivity contribution in [2.75, 3.05) is 7.11 Å². The largest absolute Gasteiger partial charge is 0.468 e. The predicted octanol–water partition coefficient (Wildman–Crippen LogP) is 0.455. The molecule has 9 heteroatoms. The van der Waals surface area contributed by atoms with E-state index in [1.54, 1.807) is 0 Å². The molecule has 1 heterocycles. The number of carbonyl (C=O) groups excluding carboxylic acids is 4. The minimum absolute atomic E-state index is 0.210. The molecule has 1 unspecified atom stereocenters. The van der Waals surface area contributed by atoms with Crippen molar-refractivity contribution in [1.82, 2.24) is 4.90 Å². The first kappa shape index (κ1) is 16.3. The van der Waals surface area contributed by atoms with Crippen molar-refractivity contribution in [2.45, 2.75) is 13.5 Å². The van der Waals surface area contributed by atoms with Crippen LogP contribution < -0.4 is 0 Å². The number of Topliss-reactive ketones (excluding diaryl/α,β-unsaturated/α-hetero) is 1. The highest BCUT2D eigenvalue weighted by molar-refractivity contribution is 6.21. The van der Waals surface area contributed by atoms with E-state index in [9.17, 15) is 29.3 Å². The maximum atomic E-state index is 12.4. The molecule has 1 aromatic rings. The lowest BCUT2D eigenvalue weighted by Crippen LogP contribution is -2.43. The summed E-state index contributed by atoms with van der Waals surface area (Å²) in [6.45, 7) is 0.783. The molecule has 1 aliphatic rings. The topological polar surface area (TPSA) is 124 Å². The predicted molar refractivity (Wildman–Crippen MR) is 74.2 cm³/mol. The highest BCUT2D eigenvalue weighted by Crippen LogP contribution is 2.31. The molecule has 0 spiro atoms. The second-order valence-corrected chi connectivity index (χ2v) is 4.86. The van der Waals surface area contributed by atoms with E-state index in [2.05, 4.69) is 4.74 Å². The van der Waals surface area contributed by atoms with Gasteiger partial charge in [0.05, 0.1) is 18.6 Å². The first-order valence-corrected chi connectivity index (χ1v) is 6.49. The molecule has 1 atom stereocenters. The van der Waals surface area contributed by atoms with Crippen LogP contribution >= 0.6 is 0 Å². The summed E-state index contributed by atoms with van der Waals surface area (Å²) >= 11 is 0. The van der Waals surface area contributed by atoms with Gasteiger partial charge in [0.1, 0.15) is 5.56 Å². The van der Waals surface area contributed by atoms with Crippen LogP contribution in [-0.4, -0.2) is 40.5 Å². The first-order chi connectivity index (χ1) is 10.8. The van der Waals surface area contributed by atoms with E-state index in [4.69, 9.17) is 0 Å². The standard InChI is InChI=1S/C14H12N2O7/c1-7(17)10(14(20)23-2)12(18)15-6-8-4-3-5-9(16(21)22)11(8)13(15)19/h3-5,10H,6H2,1-2H3. The fourth-order valence-corrected chi connectivity index (χ4v) is 2.39. The van der Waals surface area contributed by atoms with Gasteiger partial charge in [0.25, 0.3) is 17.5 Å². The summed E-state index contributed by atoms with van der Waals surface area (Å²) in [5, 5.41) is 11.0. The quantitative estimate of drug-likeness (QED) is 0.341. The van der Waals surface area contributed by atoms with Crippen LogP contribution in [0.15, 0.2) is 18.2 Å². The van der Waals surface area contributed by atoms with Crippen molar-refractivity contribution in [2.24, 2.45) is 5.92 Å². The van der Waals surface area contributed by atoms with Gasteiger partial charge in [-0.05, 0) is 12.5 Å². The van der Waals surface area contributed by atoms with Crippen molar-refractivity contribution in [1.29, 1.82) is 0 Å². The number of hydrogen-bond donors (Lipinski definition) is 0. The number of nitro groups is 1. The van der Waals surface area contributed by atoms with Crippen LogP contribution in [0.4, 0.5) is 5.69 Å². The molecule has 0 N–H and O–H groups in total. The molecular weight excluding hydrogens is 308 g/mol. The number of fused-ring (bicyclic) bond motifs is 1. The first-order valence-electron chi connectivity index (χ1n) is 6.49. The molecule has 0 radical (unpaired) electrons. The number of amides is 2. The molecule has 1 aliphatic heterocycles. The molecular formula is C14H12N2O7. The maximum absolute atomic E-state index is 12.4. The third kappa shape index (κ3) is 2.68. The zero-order valence-corrected chi connectivity index (χ0v) is 12.3. The van der Waals surface area contributed by atoms with Gasteiger partial charge < -0.3 is 4.74 Å². The Kier molecular flexibility index (Phi) is 4.21. The number of nitrogens with zero attached hydrogens (tertiary/aromatic N) is 2. The second-order valence-electron chi connectivity index (χ2n) is 4.86. The fraction of sp³-hybridized carbons (Fsp3) is 0.286. The number of ether oxygens (including phenoxy) is 1. The van der Waals surface area contributed by atoms with Gasteiger partial charge >= 0.3 is 5.97 Å². The Balaban J connectivity index is 2.41. The highest BCUT2D eigenvalue weighted by Gasteiger charge is 2.43. The Hall–Kier alpha value is -3.10. The van der Waals surface area contributed by atoms with Gasteiger partial charge in [0.15, 0.2) is 11.7 Å². The van der Waals surface area contributed by atoms with Gasteiger partial charge in [0.2, 0.25) is 0 Å². The minimum atomic E-state index is -1.77. The van der Waals surface area contributed by atoms with Gasteiger partial charge in [-0.15, -0.1) is 0 Å². The average molecular weight is 320 g/mol. The van der Waals surface area contributed by atoms with Gasteiger partial charge in [0, 0.05) is 6.07 Å². The third-order valence-electron chi connectivity index (χ3n) is 3.47. The molecule has 9 nitrogen and oxygen atoms in total. The van der Waals surface area contributed by atoms with Crippen LogP contribution in [0.25, 0.3) is 0 Å². The number of nitro benzene ring substituents is 1. The van der Waals surface area contributed by atoms with Crippen molar-refractivity contribution < 1.29 is 28.8 Å². The van der Waals surface area contributed by atoms with Crippen LogP contribution in [0.2, 0.25) is 0 Å². The Bertz CT molecular complexity index is 741. The van der Waals surface area contributed by atoms with Crippen molar-refractivity contribution in [3.05, 3.63) is 39.4 Å². The van der Waals surface area contributed by atoms with Gasteiger partial charge in [-0.3, -0.25) is 34.2 Å². The normalized spacial score (nSPS) is 14.2. The van der Waals surface area contributed by atoms with Crippen LogP contribution in [0.3, 0.4) is 0 Å². The molecule has 0 aromatic heterocycles. The molecule has 2 amide bonds. The number of rotatable bonds is 4. The van der Waals surface area contributed by atoms with Gasteiger partial charge in [-0.1, -0.05) is 12.1 Å². The van der Waals surface area contributed by atoms with E-state index in [-0.39, 0.29) is 17.7 Å². The third-order valence-corrected chi connectivity index (χ3v) is 3.47. The maximum Gasteiger partial charge on any atom is 0.325 e. The van der Waals surface area contributed by atoms with Crippen LogP contribution in [0.5, 0.6) is 0 Å². The van der Waals surface area contributed by atoms with E-state index in [1.807, 2.05) is 0 Å². The molecule has 2 rings (SSSR count).